The summed E-state index contributed by atoms with van der Waals surface area (Å²) in [4.78, 5) is 22.7. The van der Waals surface area contributed by atoms with Gasteiger partial charge >= 0.3 is 29.6 Å². The molecule has 0 saturated heterocycles. The van der Waals surface area contributed by atoms with Gasteiger partial charge in [0.2, 0.25) is 5.75 Å². The SMILES string of the molecule is COc1cc(C(=O)NC(C)CCCC(=O)[O-])cc(OC)c1OC.[Na+]. The van der Waals surface area contributed by atoms with Gasteiger partial charge in [-0.05, 0) is 38.3 Å². The zero-order valence-electron chi connectivity index (χ0n) is 14.8. The third-order valence-electron chi connectivity index (χ3n) is 3.32. The standard InChI is InChI=1S/C16H23NO6.Na/c1-10(6-5-7-14(18)19)17-16(20)11-8-12(21-2)15(23-4)13(9-11)22-3;/h8-10H,5-7H2,1-4H3,(H,17,20)(H,18,19);/q;+1/p-1. The van der Waals surface area contributed by atoms with Gasteiger partial charge in [-0.25, -0.2) is 0 Å². The van der Waals surface area contributed by atoms with E-state index >= 15 is 0 Å². The van der Waals surface area contributed by atoms with Crippen molar-refractivity contribution in [3.63, 3.8) is 0 Å². The van der Waals surface area contributed by atoms with Crippen molar-refractivity contribution in [2.45, 2.75) is 32.2 Å². The van der Waals surface area contributed by atoms with Crippen LogP contribution in [0.4, 0.5) is 0 Å². The van der Waals surface area contributed by atoms with E-state index in [0.29, 0.717) is 35.7 Å². The molecule has 1 atom stereocenters. The average Bonchev–Trinajstić information content (AvgIpc) is 2.52. The largest absolute Gasteiger partial charge is 1.00 e. The van der Waals surface area contributed by atoms with Crippen LogP contribution in [-0.4, -0.2) is 39.2 Å². The van der Waals surface area contributed by atoms with Crippen LogP contribution in [0.25, 0.3) is 0 Å². The molecule has 128 valence electrons. The minimum absolute atomic E-state index is 0. The molecule has 7 nitrogen and oxygen atoms in total. The molecular formula is C16H22NNaO6. The molecule has 0 bridgehead atoms. The summed E-state index contributed by atoms with van der Waals surface area (Å²) in [6, 6.07) is 2.95. The first-order chi connectivity index (χ1) is 10.9. The molecule has 0 heterocycles. The van der Waals surface area contributed by atoms with Crippen molar-refractivity contribution in [1.29, 1.82) is 0 Å². The molecular weight excluding hydrogens is 325 g/mol. The molecule has 0 aliphatic rings. The van der Waals surface area contributed by atoms with Gasteiger partial charge in [0.1, 0.15) is 0 Å². The Kier molecular flexibility index (Phi) is 10.5. The number of amides is 1. The van der Waals surface area contributed by atoms with Gasteiger partial charge in [-0.3, -0.25) is 4.79 Å². The van der Waals surface area contributed by atoms with E-state index in [0.717, 1.165) is 0 Å². The van der Waals surface area contributed by atoms with Crippen molar-refractivity contribution in [3.05, 3.63) is 17.7 Å². The smallest absolute Gasteiger partial charge is 0.550 e. The molecule has 8 heteroatoms. The van der Waals surface area contributed by atoms with Gasteiger partial charge in [0.15, 0.2) is 11.5 Å². The van der Waals surface area contributed by atoms with E-state index in [1.54, 1.807) is 12.1 Å². The van der Waals surface area contributed by atoms with Gasteiger partial charge in [0, 0.05) is 17.6 Å². The number of carbonyl (C=O) groups is 2. The summed E-state index contributed by atoms with van der Waals surface area (Å²) < 4.78 is 15.6. The van der Waals surface area contributed by atoms with Crippen molar-refractivity contribution in [2.75, 3.05) is 21.3 Å². The fraction of sp³-hybridized carbons (Fsp3) is 0.500. The Morgan fingerprint density at radius 2 is 1.67 bits per heavy atom. The molecule has 1 N–H and O–H groups in total. The average molecular weight is 347 g/mol. The minimum Gasteiger partial charge on any atom is -0.550 e. The summed E-state index contributed by atoms with van der Waals surface area (Å²) in [5.41, 5.74) is 0.367. The number of carbonyl (C=O) groups excluding carboxylic acids is 2. The maximum atomic E-state index is 12.3. The van der Waals surface area contributed by atoms with Crippen LogP contribution in [0.3, 0.4) is 0 Å². The molecule has 1 amide bonds. The molecule has 0 saturated carbocycles. The molecule has 1 unspecified atom stereocenters. The first-order valence-corrected chi connectivity index (χ1v) is 7.23. The van der Waals surface area contributed by atoms with Gasteiger partial charge in [0.25, 0.3) is 5.91 Å². The minimum atomic E-state index is -1.09. The van der Waals surface area contributed by atoms with Gasteiger partial charge < -0.3 is 29.4 Å². The van der Waals surface area contributed by atoms with Gasteiger partial charge in [-0.2, -0.15) is 0 Å². The molecule has 0 aliphatic carbocycles. The van der Waals surface area contributed by atoms with E-state index in [9.17, 15) is 14.7 Å². The summed E-state index contributed by atoms with van der Waals surface area (Å²) >= 11 is 0. The maximum absolute atomic E-state index is 12.3. The number of hydrogen-bond donors (Lipinski definition) is 1. The van der Waals surface area contributed by atoms with E-state index < -0.39 is 5.97 Å². The molecule has 1 rings (SSSR count). The van der Waals surface area contributed by atoms with Crippen LogP contribution >= 0.6 is 0 Å². The zero-order chi connectivity index (χ0) is 17.4. The molecule has 1 aromatic carbocycles. The third-order valence-corrected chi connectivity index (χ3v) is 3.32. The second-order valence-electron chi connectivity index (χ2n) is 5.05. The molecule has 0 spiro atoms. The summed E-state index contributed by atoms with van der Waals surface area (Å²) in [6.45, 7) is 1.81. The Bertz CT molecular complexity index is 538. The Morgan fingerprint density at radius 1 is 1.12 bits per heavy atom. The van der Waals surface area contributed by atoms with Crippen molar-refractivity contribution >= 4 is 11.9 Å². The third kappa shape index (κ3) is 6.59. The van der Waals surface area contributed by atoms with Crippen LogP contribution in [0.2, 0.25) is 0 Å². The van der Waals surface area contributed by atoms with Crippen LogP contribution in [0.1, 0.15) is 36.5 Å². The van der Waals surface area contributed by atoms with E-state index in [-0.39, 0.29) is 47.9 Å². The summed E-state index contributed by atoms with van der Waals surface area (Å²) in [6.07, 6.45) is 0.966. The number of rotatable bonds is 9. The number of aliphatic carboxylic acids is 1. The monoisotopic (exact) mass is 347 g/mol. The fourth-order valence-electron chi connectivity index (χ4n) is 2.14. The molecule has 0 aliphatic heterocycles. The first-order valence-electron chi connectivity index (χ1n) is 7.23. The Balaban J connectivity index is 0.00000529. The number of hydrogen-bond acceptors (Lipinski definition) is 6. The molecule has 0 radical (unpaired) electrons. The number of ether oxygens (including phenoxy) is 3. The summed E-state index contributed by atoms with van der Waals surface area (Å²) in [7, 11) is 4.43. The molecule has 0 fully saturated rings. The van der Waals surface area contributed by atoms with E-state index in [2.05, 4.69) is 5.32 Å². The molecule has 24 heavy (non-hydrogen) atoms. The number of carboxylic acid groups (broad SMARTS) is 1. The van der Waals surface area contributed by atoms with Gasteiger partial charge in [0.05, 0.1) is 21.3 Å². The fourth-order valence-corrected chi connectivity index (χ4v) is 2.14. The van der Waals surface area contributed by atoms with Crippen molar-refractivity contribution < 1.29 is 58.5 Å². The predicted octanol–water partition coefficient (Wildman–Crippen LogP) is -2.25. The van der Waals surface area contributed by atoms with Crippen molar-refractivity contribution in [2.24, 2.45) is 0 Å². The molecule has 0 aromatic heterocycles. The van der Waals surface area contributed by atoms with Crippen LogP contribution in [-0.2, 0) is 4.79 Å². The van der Waals surface area contributed by atoms with Crippen molar-refractivity contribution in [3.8, 4) is 17.2 Å². The van der Waals surface area contributed by atoms with Crippen LogP contribution in [0, 0.1) is 0 Å². The normalized spacial score (nSPS) is 11.0. The Labute approximate surface area is 164 Å². The Hall–Kier alpha value is -1.44. The number of methoxy groups -OCH3 is 3. The first kappa shape index (κ1) is 22.6. The van der Waals surface area contributed by atoms with Crippen LogP contribution < -0.4 is 54.2 Å². The van der Waals surface area contributed by atoms with Gasteiger partial charge in [-0.15, -0.1) is 0 Å². The van der Waals surface area contributed by atoms with Crippen molar-refractivity contribution in [1.82, 2.24) is 5.32 Å². The summed E-state index contributed by atoms with van der Waals surface area (Å²) in [5.74, 6) is -0.199. The van der Waals surface area contributed by atoms with E-state index in [4.69, 9.17) is 14.2 Å². The maximum Gasteiger partial charge on any atom is 1.00 e. The van der Waals surface area contributed by atoms with Crippen LogP contribution in [0.5, 0.6) is 17.2 Å². The predicted molar refractivity (Wildman–Crippen MR) is 81.9 cm³/mol. The zero-order valence-corrected chi connectivity index (χ0v) is 16.8. The number of carboxylic acids is 1. The number of nitrogens with one attached hydrogen (secondary N) is 1. The van der Waals surface area contributed by atoms with Crippen LogP contribution in [0.15, 0.2) is 12.1 Å². The van der Waals surface area contributed by atoms with E-state index in [1.165, 1.54) is 21.3 Å². The topological polar surface area (TPSA) is 96.9 Å². The quantitative estimate of drug-likeness (QED) is 0.507. The van der Waals surface area contributed by atoms with Gasteiger partial charge in [-0.1, -0.05) is 0 Å². The number of benzene rings is 1. The molecule has 1 aromatic rings. The second kappa shape index (κ2) is 11.2. The second-order valence-corrected chi connectivity index (χ2v) is 5.05. The summed E-state index contributed by atoms with van der Waals surface area (Å²) in [5, 5.41) is 13.2. The Morgan fingerprint density at radius 3 is 2.08 bits per heavy atom. The van der Waals surface area contributed by atoms with E-state index in [1.807, 2.05) is 6.92 Å².